The van der Waals surface area contributed by atoms with Crippen molar-refractivity contribution in [3.63, 3.8) is 0 Å². The Hall–Kier alpha value is -3.18. The van der Waals surface area contributed by atoms with Gasteiger partial charge in [0.15, 0.2) is 0 Å². The van der Waals surface area contributed by atoms with Crippen LogP contribution in [0.3, 0.4) is 0 Å². The zero-order valence-corrected chi connectivity index (χ0v) is 20.0. The molecule has 0 atom stereocenters. The number of amides is 2. The Morgan fingerprint density at radius 2 is 1.44 bits per heavy atom. The van der Waals surface area contributed by atoms with Crippen LogP contribution >= 0.6 is 0 Å². The van der Waals surface area contributed by atoms with E-state index in [0.717, 1.165) is 61.9 Å². The number of hydrogen-bond acceptors (Lipinski definition) is 3. The first-order chi connectivity index (χ1) is 16.6. The van der Waals surface area contributed by atoms with Crippen molar-refractivity contribution in [3.05, 3.63) is 83.4 Å². The van der Waals surface area contributed by atoms with Gasteiger partial charge in [0.25, 0.3) is 5.91 Å². The van der Waals surface area contributed by atoms with Crippen LogP contribution in [0.2, 0.25) is 0 Å². The maximum Gasteiger partial charge on any atom is 0.254 e. The molecule has 176 valence electrons. The van der Waals surface area contributed by atoms with E-state index in [9.17, 15) is 9.59 Å². The summed E-state index contributed by atoms with van der Waals surface area (Å²) >= 11 is 0. The molecule has 2 amide bonds. The summed E-state index contributed by atoms with van der Waals surface area (Å²) in [5.74, 6) is 0.375. The molecule has 34 heavy (non-hydrogen) atoms. The fourth-order valence-corrected chi connectivity index (χ4v) is 5.32. The van der Waals surface area contributed by atoms with Crippen LogP contribution in [0, 0.1) is 12.8 Å². The Morgan fingerprint density at radius 1 is 0.765 bits per heavy atom. The number of piperazine rings is 1. The van der Waals surface area contributed by atoms with Crippen molar-refractivity contribution in [2.24, 2.45) is 5.92 Å². The number of nitrogens with zero attached hydrogens (tertiary/aromatic N) is 3. The molecule has 5 nitrogen and oxygen atoms in total. The molecule has 2 saturated heterocycles. The van der Waals surface area contributed by atoms with E-state index in [1.807, 2.05) is 52.3 Å². The number of likely N-dealkylation sites (tertiary alicyclic amines) is 1. The summed E-state index contributed by atoms with van der Waals surface area (Å²) in [6, 6.07) is 22.5. The molecule has 0 aromatic heterocycles. The molecule has 5 heteroatoms. The SMILES string of the molecule is Cc1ccccc1CN1CCN(C(=O)C2CCN(C(=O)c3cccc4ccccc34)CC2)CC1. The van der Waals surface area contributed by atoms with E-state index in [0.29, 0.717) is 13.1 Å². The third-order valence-corrected chi connectivity index (χ3v) is 7.49. The standard InChI is InChI=1S/C29H33N3O2/c1-22-7-2-3-9-25(22)21-30-17-19-32(20-18-30)28(33)24-13-15-31(16-14-24)29(34)27-12-6-10-23-8-4-5-11-26(23)27/h2-12,24H,13-21H2,1H3. The number of carbonyl (C=O) groups is 2. The van der Waals surface area contributed by atoms with Crippen LogP contribution in [0.5, 0.6) is 0 Å². The van der Waals surface area contributed by atoms with Gasteiger partial charge in [-0.2, -0.15) is 0 Å². The van der Waals surface area contributed by atoms with Crippen LogP contribution in [0.25, 0.3) is 10.8 Å². The Labute approximate surface area is 202 Å². The molecule has 3 aromatic carbocycles. The summed E-state index contributed by atoms with van der Waals surface area (Å²) < 4.78 is 0. The van der Waals surface area contributed by atoms with Gasteiger partial charge in [-0.25, -0.2) is 0 Å². The molecular weight excluding hydrogens is 422 g/mol. The molecule has 0 aliphatic carbocycles. The molecule has 0 spiro atoms. The van der Waals surface area contributed by atoms with Gasteiger partial charge in [0.1, 0.15) is 0 Å². The van der Waals surface area contributed by atoms with Crippen molar-refractivity contribution >= 4 is 22.6 Å². The lowest BCUT2D eigenvalue weighted by Crippen LogP contribution is -2.51. The number of hydrogen-bond donors (Lipinski definition) is 0. The first kappa shape index (κ1) is 22.6. The second-order valence-corrected chi connectivity index (χ2v) is 9.62. The summed E-state index contributed by atoms with van der Waals surface area (Å²) in [6.45, 7) is 7.81. The number of aryl methyl sites for hydroxylation is 1. The van der Waals surface area contributed by atoms with Crippen molar-refractivity contribution in [3.8, 4) is 0 Å². The van der Waals surface area contributed by atoms with Crippen LogP contribution in [-0.2, 0) is 11.3 Å². The summed E-state index contributed by atoms with van der Waals surface area (Å²) in [7, 11) is 0. The molecule has 2 aliphatic rings. The number of carbonyl (C=O) groups excluding carboxylic acids is 2. The van der Waals surface area contributed by atoms with Crippen molar-refractivity contribution in [1.29, 1.82) is 0 Å². The first-order valence-corrected chi connectivity index (χ1v) is 12.4. The molecular formula is C29H33N3O2. The summed E-state index contributed by atoms with van der Waals surface area (Å²) in [5.41, 5.74) is 3.45. The zero-order chi connectivity index (χ0) is 23.5. The average Bonchev–Trinajstić information content (AvgIpc) is 2.89. The minimum absolute atomic E-state index is 0.0273. The molecule has 5 rings (SSSR count). The van der Waals surface area contributed by atoms with Gasteiger partial charge in [0.2, 0.25) is 5.91 Å². The highest BCUT2D eigenvalue weighted by Crippen LogP contribution is 2.25. The highest BCUT2D eigenvalue weighted by Gasteiger charge is 2.32. The van der Waals surface area contributed by atoms with Crippen LogP contribution in [-0.4, -0.2) is 65.8 Å². The lowest BCUT2D eigenvalue weighted by atomic mass is 9.94. The largest absolute Gasteiger partial charge is 0.340 e. The van der Waals surface area contributed by atoms with Gasteiger partial charge < -0.3 is 9.80 Å². The van der Waals surface area contributed by atoms with Gasteiger partial charge in [-0.05, 0) is 47.7 Å². The highest BCUT2D eigenvalue weighted by atomic mass is 16.2. The van der Waals surface area contributed by atoms with Gasteiger partial charge in [-0.1, -0.05) is 60.7 Å². The number of fused-ring (bicyclic) bond motifs is 1. The quantitative estimate of drug-likeness (QED) is 0.588. The molecule has 0 radical (unpaired) electrons. The Bertz CT molecular complexity index is 1170. The normalized spacial score (nSPS) is 17.8. The van der Waals surface area contributed by atoms with Crippen molar-refractivity contribution in [2.45, 2.75) is 26.3 Å². The third kappa shape index (κ3) is 4.71. The zero-order valence-electron chi connectivity index (χ0n) is 20.0. The highest BCUT2D eigenvalue weighted by molar-refractivity contribution is 6.07. The van der Waals surface area contributed by atoms with Gasteiger partial charge in [0, 0.05) is 57.3 Å². The molecule has 0 N–H and O–H groups in total. The van der Waals surface area contributed by atoms with Gasteiger partial charge in [0.05, 0.1) is 0 Å². The first-order valence-electron chi connectivity index (χ1n) is 12.4. The van der Waals surface area contributed by atoms with E-state index in [2.05, 4.69) is 36.1 Å². The van der Waals surface area contributed by atoms with E-state index < -0.39 is 0 Å². The predicted molar refractivity (Wildman–Crippen MR) is 136 cm³/mol. The average molecular weight is 456 g/mol. The van der Waals surface area contributed by atoms with Gasteiger partial charge in [-0.15, -0.1) is 0 Å². The number of rotatable bonds is 4. The lowest BCUT2D eigenvalue weighted by Gasteiger charge is -2.38. The number of piperidine rings is 1. The Morgan fingerprint density at radius 3 is 2.21 bits per heavy atom. The fraction of sp³-hybridized carbons (Fsp3) is 0.379. The maximum atomic E-state index is 13.2. The number of benzene rings is 3. The smallest absolute Gasteiger partial charge is 0.254 e. The van der Waals surface area contributed by atoms with Crippen LogP contribution < -0.4 is 0 Å². The minimum atomic E-state index is 0.0273. The van der Waals surface area contributed by atoms with E-state index in [4.69, 9.17) is 0 Å². The Kier molecular flexibility index (Phi) is 6.63. The topological polar surface area (TPSA) is 43.9 Å². The molecule has 0 unspecified atom stereocenters. The van der Waals surface area contributed by atoms with E-state index in [1.54, 1.807) is 0 Å². The minimum Gasteiger partial charge on any atom is -0.340 e. The molecule has 2 heterocycles. The lowest BCUT2D eigenvalue weighted by molar-refractivity contribution is -0.138. The van der Waals surface area contributed by atoms with Crippen molar-refractivity contribution < 1.29 is 9.59 Å². The second kappa shape index (κ2) is 9.98. The molecule has 3 aromatic rings. The maximum absolute atomic E-state index is 13.2. The molecule has 0 saturated carbocycles. The van der Waals surface area contributed by atoms with Gasteiger partial charge in [-0.3, -0.25) is 14.5 Å². The van der Waals surface area contributed by atoms with E-state index in [1.165, 1.54) is 11.1 Å². The second-order valence-electron chi connectivity index (χ2n) is 9.62. The summed E-state index contributed by atoms with van der Waals surface area (Å²) in [5, 5.41) is 2.08. The third-order valence-electron chi connectivity index (χ3n) is 7.49. The van der Waals surface area contributed by atoms with E-state index >= 15 is 0 Å². The molecule has 2 aliphatic heterocycles. The fourth-order valence-electron chi connectivity index (χ4n) is 5.32. The van der Waals surface area contributed by atoms with Crippen molar-refractivity contribution in [2.75, 3.05) is 39.3 Å². The Balaban J connectivity index is 1.14. The van der Waals surface area contributed by atoms with Crippen LogP contribution in [0.1, 0.15) is 34.3 Å². The van der Waals surface area contributed by atoms with Crippen LogP contribution in [0.4, 0.5) is 0 Å². The van der Waals surface area contributed by atoms with Gasteiger partial charge >= 0.3 is 0 Å². The monoisotopic (exact) mass is 455 g/mol. The molecule has 2 fully saturated rings. The van der Waals surface area contributed by atoms with E-state index in [-0.39, 0.29) is 17.7 Å². The summed E-state index contributed by atoms with van der Waals surface area (Å²) in [4.78, 5) is 32.8. The summed E-state index contributed by atoms with van der Waals surface area (Å²) in [6.07, 6.45) is 1.50. The van der Waals surface area contributed by atoms with Crippen molar-refractivity contribution in [1.82, 2.24) is 14.7 Å². The molecule has 0 bridgehead atoms. The van der Waals surface area contributed by atoms with Crippen LogP contribution in [0.15, 0.2) is 66.7 Å². The predicted octanol–water partition coefficient (Wildman–Crippen LogP) is 4.34.